The number of amides is 1. The van der Waals surface area contributed by atoms with E-state index in [9.17, 15) is 4.79 Å². The molecule has 1 aliphatic rings. The van der Waals surface area contributed by atoms with Crippen molar-refractivity contribution in [3.63, 3.8) is 0 Å². The summed E-state index contributed by atoms with van der Waals surface area (Å²) in [5, 5.41) is 2.91. The van der Waals surface area contributed by atoms with Crippen LogP contribution in [0.1, 0.15) is 40.9 Å². The Morgan fingerprint density at radius 2 is 2.35 bits per heavy atom. The summed E-state index contributed by atoms with van der Waals surface area (Å²) in [4.78, 5) is 20.6. The van der Waals surface area contributed by atoms with Crippen LogP contribution in [-0.4, -0.2) is 20.4 Å². The monoisotopic (exact) mass is 334 g/mol. The lowest BCUT2D eigenvalue weighted by molar-refractivity contribution is 0.0941. The van der Waals surface area contributed by atoms with Crippen molar-refractivity contribution in [1.82, 2.24) is 19.9 Å². The summed E-state index contributed by atoms with van der Waals surface area (Å²) >= 11 is 3.43. The molecule has 1 amide bonds. The fourth-order valence-corrected chi connectivity index (χ4v) is 2.58. The second-order valence-electron chi connectivity index (χ2n) is 4.96. The maximum Gasteiger partial charge on any atom is 0.268 e. The zero-order valence-corrected chi connectivity index (χ0v) is 12.7. The van der Waals surface area contributed by atoms with Gasteiger partial charge in [0.15, 0.2) is 0 Å². The molecule has 0 unspecified atom stereocenters. The average molecular weight is 335 g/mol. The average Bonchev–Trinajstić information content (AvgIpc) is 3.19. The van der Waals surface area contributed by atoms with E-state index < -0.39 is 0 Å². The molecule has 0 atom stereocenters. The molecule has 1 N–H and O–H groups in total. The molecular formula is C14H15BrN4O. The highest BCUT2D eigenvalue weighted by molar-refractivity contribution is 9.10. The number of aryl methyl sites for hydroxylation is 1. The van der Waals surface area contributed by atoms with E-state index in [2.05, 4.69) is 31.2 Å². The molecule has 1 saturated carbocycles. The first-order chi connectivity index (χ1) is 9.63. The third-order valence-electron chi connectivity index (χ3n) is 3.25. The van der Waals surface area contributed by atoms with Crippen LogP contribution in [0.4, 0.5) is 0 Å². The van der Waals surface area contributed by atoms with Crippen LogP contribution in [0.5, 0.6) is 0 Å². The van der Waals surface area contributed by atoms with E-state index in [4.69, 9.17) is 0 Å². The fraction of sp³-hybridized carbons (Fsp3) is 0.357. The molecule has 2 aromatic rings. The standard InChI is InChI=1S/C14H15BrN4O/c1-9-16-5-4-11(18-9)7-17-14(20)13-6-10(15)8-19(13)12-2-3-12/h4-6,8,12H,2-3,7H2,1H3,(H,17,20). The van der Waals surface area contributed by atoms with Gasteiger partial charge in [0.1, 0.15) is 11.5 Å². The number of aromatic nitrogens is 3. The Hall–Kier alpha value is -1.69. The molecule has 5 nitrogen and oxygen atoms in total. The summed E-state index contributed by atoms with van der Waals surface area (Å²) in [6.45, 7) is 2.25. The summed E-state index contributed by atoms with van der Waals surface area (Å²) in [6, 6.07) is 4.14. The predicted molar refractivity (Wildman–Crippen MR) is 78.3 cm³/mol. The molecule has 3 rings (SSSR count). The number of carbonyl (C=O) groups excluding carboxylic acids is 1. The maximum absolute atomic E-state index is 12.3. The van der Waals surface area contributed by atoms with Gasteiger partial charge in [-0.1, -0.05) is 0 Å². The van der Waals surface area contributed by atoms with Crippen molar-refractivity contribution in [3.05, 3.63) is 46.2 Å². The van der Waals surface area contributed by atoms with Crippen molar-refractivity contribution < 1.29 is 4.79 Å². The van der Waals surface area contributed by atoms with Gasteiger partial charge in [-0.3, -0.25) is 4.79 Å². The van der Waals surface area contributed by atoms with E-state index in [0.29, 0.717) is 24.1 Å². The first-order valence-corrected chi connectivity index (χ1v) is 7.37. The van der Waals surface area contributed by atoms with Crippen LogP contribution in [0.15, 0.2) is 29.0 Å². The molecule has 6 heteroatoms. The van der Waals surface area contributed by atoms with E-state index in [1.54, 1.807) is 6.20 Å². The Kier molecular flexibility index (Phi) is 3.56. The molecule has 0 spiro atoms. The lowest BCUT2D eigenvalue weighted by atomic mass is 10.3. The highest BCUT2D eigenvalue weighted by Crippen LogP contribution is 2.37. The van der Waals surface area contributed by atoms with Gasteiger partial charge in [0.25, 0.3) is 5.91 Å². The van der Waals surface area contributed by atoms with Crippen LogP contribution < -0.4 is 5.32 Å². The van der Waals surface area contributed by atoms with Gasteiger partial charge in [0, 0.05) is 22.9 Å². The van der Waals surface area contributed by atoms with Crippen molar-refractivity contribution >= 4 is 21.8 Å². The number of hydrogen-bond donors (Lipinski definition) is 1. The number of halogens is 1. The minimum absolute atomic E-state index is 0.0705. The molecule has 0 aliphatic heterocycles. The number of rotatable bonds is 4. The van der Waals surface area contributed by atoms with E-state index in [-0.39, 0.29) is 5.91 Å². The predicted octanol–water partition coefficient (Wildman–Crippen LogP) is 2.61. The lowest BCUT2D eigenvalue weighted by Crippen LogP contribution is -2.25. The third-order valence-corrected chi connectivity index (χ3v) is 3.69. The SMILES string of the molecule is Cc1nccc(CNC(=O)c2cc(Br)cn2C2CC2)n1. The summed E-state index contributed by atoms with van der Waals surface area (Å²) < 4.78 is 2.98. The van der Waals surface area contributed by atoms with Gasteiger partial charge in [-0.15, -0.1) is 0 Å². The van der Waals surface area contributed by atoms with E-state index in [1.807, 2.05) is 29.8 Å². The number of carbonyl (C=O) groups is 1. The first-order valence-electron chi connectivity index (χ1n) is 6.57. The van der Waals surface area contributed by atoms with E-state index in [0.717, 1.165) is 23.0 Å². The largest absolute Gasteiger partial charge is 0.345 e. The Labute approximate surface area is 125 Å². The van der Waals surface area contributed by atoms with Crippen molar-refractivity contribution in [2.24, 2.45) is 0 Å². The summed E-state index contributed by atoms with van der Waals surface area (Å²) in [5.41, 5.74) is 1.51. The van der Waals surface area contributed by atoms with Gasteiger partial charge in [-0.05, 0) is 47.8 Å². The second kappa shape index (κ2) is 5.36. The summed E-state index contributed by atoms with van der Waals surface area (Å²) in [5.74, 6) is 0.639. The van der Waals surface area contributed by atoms with Crippen LogP contribution >= 0.6 is 15.9 Å². The van der Waals surface area contributed by atoms with Gasteiger partial charge in [-0.2, -0.15) is 0 Å². The highest BCUT2D eigenvalue weighted by atomic mass is 79.9. The normalized spacial score (nSPS) is 14.3. The van der Waals surface area contributed by atoms with E-state index in [1.165, 1.54) is 0 Å². The van der Waals surface area contributed by atoms with Gasteiger partial charge in [0.05, 0.1) is 12.2 Å². The number of nitrogens with zero attached hydrogens (tertiary/aromatic N) is 3. The quantitative estimate of drug-likeness (QED) is 0.934. The van der Waals surface area contributed by atoms with Gasteiger partial charge in [0.2, 0.25) is 0 Å². The van der Waals surface area contributed by atoms with E-state index >= 15 is 0 Å². The molecule has 2 aromatic heterocycles. The molecule has 104 valence electrons. The second-order valence-corrected chi connectivity index (χ2v) is 5.88. The minimum Gasteiger partial charge on any atom is -0.345 e. The molecule has 0 saturated heterocycles. The molecule has 0 aromatic carbocycles. The summed E-state index contributed by atoms with van der Waals surface area (Å²) in [6.07, 6.45) is 5.97. The van der Waals surface area contributed by atoms with Gasteiger partial charge < -0.3 is 9.88 Å². The van der Waals surface area contributed by atoms with Gasteiger partial charge in [-0.25, -0.2) is 9.97 Å². The zero-order chi connectivity index (χ0) is 14.1. The maximum atomic E-state index is 12.3. The first kappa shape index (κ1) is 13.3. The Morgan fingerprint density at radius 3 is 3.05 bits per heavy atom. The molecule has 2 heterocycles. The lowest BCUT2D eigenvalue weighted by Gasteiger charge is -2.08. The van der Waals surface area contributed by atoms with Crippen LogP contribution in [-0.2, 0) is 6.54 Å². The summed E-state index contributed by atoms with van der Waals surface area (Å²) in [7, 11) is 0. The topological polar surface area (TPSA) is 59.8 Å². The van der Waals surface area contributed by atoms with Crippen molar-refractivity contribution in [2.45, 2.75) is 32.4 Å². The molecule has 0 radical (unpaired) electrons. The molecule has 0 bridgehead atoms. The van der Waals surface area contributed by atoms with Crippen molar-refractivity contribution in [3.8, 4) is 0 Å². The number of hydrogen-bond acceptors (Lipinski definition) is 3. The molecule has 1 fully saturated rings. The van der Waals surface area contributed by atoms with Gasteiger partial charge >= 0.3 is 0 Å². The van der Waals surface area contributed by atoms with Crippen LogP contribution in [0, 0.1) is 6.92 Å². The molecule has 1 aliphatic carbocycles. The third kappa shape index (κ3) is 2.90. The van der Waals surface area contributed by atoms with Crippen LogP contribution in [0.3, 0.4) is 0 Å². The molecular weight excluding hydrogens is 320 g/mol. The Bertz CT molecular complexity index is 648. The van der Waals surface area contributed by atoms with Crippen LogP contribution in [0.2, 0.25) is 0 Å². The molecule has 20 heavy (non-hydrogen) atoms. The van der Waals surface area contributed by atoms with Crippen molar-refractivity contribution in [1.29, 1.82) is 0 Å². The Balaban J connectivity index is 1.70. The smallest absolute Gasteiger partial charge is 0.268 e. The fourth-order valence-electron chi connectivity index (χ4n) is 2.15. The zero-order valence-electron chi connectivity index (χ0n) is 11.1. The minimum atomic E-state index is -0.0705. The highest BCUT2D eigenvalue weighted by Gasteiger charge is 2.27. The Morgan fingerprint density at radius 1 is 1.55 bits per heavy atom. The number of nitrogens with one attached hydrogen (secondary N) is 1. The van der Waals surface area contributed by atoms with Crippen molar-refractivity contribution in [2.75, 3.05) is 0 Å². The van der Waals surface area contributed by atoms with Crippen LogP contribution in [0.25, 0.3) is 0 Å².